The number of nitrogens with zero attached hydrogens (tertiary/aromatic N) is 3. The fourth-order valence-electron chi connectivity index (χ4n) is 2.04. The summed E-state index contributed by atoms with van der Waals surface area (Å²) < 4.78 is 0. The number of nitrogens with two attached hydrogens (primary N) is 1. The van der Waals surface area contributed by atoms with Crippen molar-refractivity contribution in [2.45, 2.75) is 13.5 Å². The third kappa shape index (κ3) is 3.17. The lowest BCUT2D eigenvalue weighted by atomic mass is 10.2. The van der Waals surface area contributed by atoms with E-state index in [0.717, 1.165) is 38.4 Å². The molecule has 0 atom stereocenters. The molecule has 0 aromatic carbocycles. The second kappa shape index (κ2) is 5.14. The minimum absolute atomic E-state index is 0.159. The molecule has 0 radical (unpaired) electrons. The Labute approximate surface area is 101 Å². The third-order valence-electron chi connectivity index (χ3n) is 3.03. The number of amides is 1. The number of aromatic nitrogens is 1. The first kappa shape index (κ1) is 11.9. The van der Waals surface area contributed by atoms with E-state index in [-0.39, 0.29) is 5.91 Å². The Bertz CT molecular complexity index is 399. The van der Waals surface area contributed by atoms with Gasteiger partial charge in [-0.1, -0.05) is 6.07 Å². The van der Waals surface area contributed by atoms with Gasteiger partial charge in [-0.15, -0.1) is 0 Å². The normalized spacial score (nSPS) is 17.1. The molecule has 92 valence electrons. The van der Waals surface area contributed by atoms with Crippen molar-refractivity contribution >= 4 is 11.7 Å². The number of carbonyl (C=O) groups is 1. The van der Waals surface area contributed by atoms with Crippen molar-refractivity contribution in [1.29, 1.82) is 0 Å². The van der Waals surface area contributed by atoms with Crippen LogP contribution in [-0.4, -0.2) is 46.9 Å². The smallest absolute Gasteiger partial charge is 0.219 e. The standard InChI is InChI=1S/C12H18N4O/c1-10(17)16-7-5-15(6-8-16)9-11-3-2-4-12(13)14-11/h2-4H,5-9H2,1H3,(H2,13,14). The zero-order valence-electron chi connectivity index (χ0n) is 10.1. The van der Waals surface area contributed by atoms with E-state index in [1.807, 2.05) is 17.0 Å². The van der Waals surface area contributed by atoms with Crippen LogP contribution in [0.5, 0.6) is 0 Å². The van der Waals surface area contributed by atoms with Crippen LogP contribution in [0.2, 0.25) is 0 Å². The first-order chi connectivity index (χ1) is 8.15. The highest BCUT2D eigenvalue weighted by Crippen LogP contribution is 2.08. The first-order valence-corrected chi connectivity index (χ1v) is 5.84. The first-order valence-electron chi connectivity index (χ1n) is 5.84. The van der Waals surface area contributed by atoms with Crippen LogP contribution in [0.1, 0.15) is 12.6 Å². The number of rotatable bonds is 2. The topological polar surface area (TPSA) is 62.5 Å². The molecule has 1 amide bonds. The SMILES string of the molecule is CC(=O)N1CCN(Cc2cccc(N)n2)CC1. The quantitative estimate of drug-likeness (QED) is 0.801. The van der Waals surface area contributed by atoms with Gasteiger partial charge in [-0.05, 0) is 12.1 Å². The highest BCUT2D eigenvalue weighted by atomic mass is 16.2. The van der Waals surface area contributed by atoms with Crippen molar-refractivity contribution in [2.24, 2.45) is 0 Å². The van der Waals surface area contributed by atoms with E-state index in [4.69, 9.17) is 5.73 Å². The fraction of sp³-hybridized carbons (Fsp3) is 0.500. The van der Waals surface area contributed by atoms with Gasteiger partial charge < -0.3 is 10.6 Å². The molecule has 1 aliphatic rings. The van der Waals surface area contributed by atoms with E-state index in [0.29, 0.717) is 5.82 Å². The van der Waals surface area contributed by atoms with Crippen LogP contribution in [0.3, 0.4) is 0 Å². The average molecular weight is 234 g/mol. The van der Waals surface area contributed by atoms with E-state index in [2.05, 4.69) is 9.88 Å². The van der Waals surface area contributed by atoms with Gasteiger partial charge in [0.05, 0.1) is 5.69 Å². The number of carbonyl (C=O) groups excluding carboxylic acids is 1. The van der Waals surface area contributed by atoms with Crippen LogP contribution < -0.4 is 5.73 Å². The number of hydrogen-bond donors (Lipinski definition) is 1. The van der Waals surface area contributed by atoms with Crippen molar-refractivity contribution in [3.63, 3.8) is 0 Å². The summed E-state index contributed by atoms with van der Waals surface area (Å²) in [6, 6.07) is 5.69. The summed E-state index contributed by atoms with van der Waals surface area (Å²) in [5, 5.41) is 0. The highest BCUT2D eigenvalue weighted by molar-refractivity contribution is 5.73. The number of hydrogen-bond acceptors (Lipinski definition) is 4. The van der Waals surface area contributed by atoms with E-state index < -0.39 is 0 Å². The Kier molecular flexibility index (Phi) is 3.58. The molecule has 2 heterocycles. The zero-order chi connectivity index (χ0) is 12.3. The highest BCUT2D eigenvalue weighted by Gasteiger charge is 2.18. The average Bonchev–Trinajstić information content (AvgIpc) is 2.29. The molecule has 1 aromatic heterocycles. The van der Waals surface area contributed by atoms with E-state index in [1.165, 1.54) is 0 Å². The van der Waals surface area contributed by atoms with Crippen molar-refractivity contribution in [3.8, 4) is 0 Å². The maximum absolute atomic E-state index is 11.2. The van der Waals surface area contributed by atoms with E-state index >= 15 is 0 Å². The molecule has 1 fully saturated rings. The minimum atomic E-state index is 0.159. The summed E-state index contributed by atoms with van der Waals surface area (Å²) >= 11 is 0. The lowest BCUT2D eigenvalue weighted by Crippen LogP contribution is -2.47. The Morgan fingerprint density at radius 1 is 1.35 bits per heavy atom. The summed E-state index contributed by atoms with van der Waals surface area (Å²) in [4.78, 5) is 19.6. The second-order valence-electron chi connectivity index (χ2n) is 4.34. The summed E-state index contributed by atoms with van der Waals surface area (Å²) in [7, 11) is 0. The number of pyridine rings is 1. The summed E-state index contributed by atoms with van der Waals surface area (Å²) in [6.45, 7) is 5.83. The van der Waals surface area contributed by atoms with Crippen molar-refractivity contribution in [3.05, 3.63) is 23.9 Å². The van der Waals surface area contributed by atoms with Gasteiger partial charge >= 0.3 is 0 Å². The van der Waals surface area contributed by atoms with E-state index in [1.54, 1.807) is 13.0 Å². The van der Waals surface area contributed by atoms with Gasteiger partial charge in [0.15, 0.2) is 0 Å². The van der Waals surface area contributed by atoms with E-state index in [9.17, 15) is 4.79 Å². The van der Waals surface area contributed by atoms with Gasteiger partial charge in [0, 0.05) is 39.6 Å². The van der Waals surface area contributed by atoms with Crippen molar-refractivity contribution in [2.75, 3.05) is 31.9 Å². The maximum atomic E-state index is 11.2. The number of nitrogen functional groups attached to an aromatic ring is 1. The molecule has 0 aliphatic carbocycles. The lowest BCUT2D eigenvalue weighted by Gasteiger charge is -2.33. The molecule has 5 heteroatoms. The third-order valence-corrected chi connectivity index (χ3v) is 3.03. The molecule has 17 heavy (non-hydrogen) atoms. The fourth-order valence-corrected chi connectivity index (χ4v) is 2.04. The molecule has 0 saturated carbocycles. The van der Waals surface area contributed by atoms with Crippen molar-refractivity contribution < 1.29 is 4.79 Å². The molecule has 1 aromatic rings. The van der Waals surface area contributed by atoms with Crippen LogP contribution in [0.4, 0.5) is 5.82 Å². The molecule has 0 unspecified atom stereocenters. The Balaban J connectivity index is 1.88. The second-order valence-corrected chi connectivity index (χ2v) is 4.34. The molecule has 5 nitrogen and oxygen atoms in total. The predicted molar refractivity (Wildman–Crippen MR) is 66.2 cm³/mol. The van der Waals surface area contributed by atoms with Gasteiger partial charge in [0.2, 0.25) is 5.91 Å². The molecular formula is C12H18N4O. The summed E-state index contributed by atoms with van der Waals surface area (Å²) in [5.74, 6) is 0.719. The van der Waals surface area contributed by atoms with Crippen LogP contribution in [0.15, 0.2) is 18.2 Å². The lowest BCUT2D eigenvalue weighted by molar-refractivity contribution is -0.130. The Hall–Kier alpha value is -1.62. The summed E-state index contributed by atoms with van der Waals surface area (Å²) in [6.07, 6.45) is 0. The van der Waals surface area contributed by atoms with Gasteiger partial charge in [-0.3, -0.25) is 9.69 Å². The number of anilines is 1. The van der Waals surface area contributed by atoms with Crippen LogP contribution in [0.25, 0.3) is 0 Å². The largest absolute Gasteiger partial charge is 0.384 e. The molecule has 2 N–H and O–H groups in total. The Morgan fingerprint density at radius 3 is 2.65 bits per heavy atom. The van der Waals surface area contributed by atoms with Gasteiger partial charge in [-0.2, -0.15) is 0 Å². The van der Waals surface area contributed by atoms with Crippen LogP contribution in [-0.2, 0) is 11.3 Å². The van der Waals surface area contributed by atoms with Crippen LogP contribution >= 0.6 is 0 Å². The van der Waals surface area contributed by atoms with Gasteiger partial charge in [0.1, 0.15) is 5.82 Å². The Morgan fingerprint density at radius 2 is 2.06 bits per heavy atom. The molecule has 0 spiro atoms. The van der Waals surface area contributed by atoms with Gasteiger partial charge in [0.25, 0.3) is 0 Å². The molecule has 2 rings (SSSR count). The minimum Gasteiger partial charge on any atom is -0.384 e. The summed E-state index contributed by atoms with van der Waals surface area (Å²) in [5.41, 5.74) is 6.63. The molecule has 1 aliphatic heterocycles. The predicted octanol–water partition coefficient (Wildman–Crippen LogP) is 0.328. The zero-order valence-corrected chi connectivity index (χ0v) is 10.1. The molecule has 0 bridgehead atoms. The maximum Gasteiger partial charge on any atom is 0.219 e. The van der Waals surface area contributed by atoms with Crippen molar-refractivity contribution in [1.82, 2.24) is 14.8 Å². The van der Waals surface area contributed by atoms with Gasteiger partial charge in [-0.25, -0.2) is 4.98 Å². The molecule has 1 saturated heterocycles. The molecular weight excluding hydrogens is 216 g/mol. The number of piperazine rings is 1. The monoisotopic (exact) mass is 234 g/mol. The van der Waals surface area contributed by atoms with Crippen LogP contribution in [0, 0.1) is 0 Å².